The van der Waals surface area contributed by atoms with Crippen molar-refractivity contribution in [3.63, 3.8) is 0 Å². The van der Waals surface area contributed by atoms with E-state index in [9.17, 15) is 9.59 Å². The van der Waals surface area contributed by atoms with Crippen molar-refractivity contribution in [3.05, 3.63) is 24.3 Å². The highest BCUT2D eigenvalue weighted by molar-refractivity contribution is 5.95. The summed E-state index contributed by atoms with van der Waals surface area (Å²) in [4.78, 5) is 26.5. The molecule has 6 heteroatoms. The highest BCUT2D eigenvalue weighted by Crippen LogP contribution is 2.21. The first kappa shape index (κ1) is 16.8. The van der Waals surface area contributed by atoms with Crippen LogP contribution in [0.5, 0.6) is 5.75 Å². The lowest BCUT2D eigenvalue weighted by molar-refractivity contribution is -0.123. The van der Waals surface area contributed by atoms with E-state index in [0.29, 0.717) is 19.0 Å². The second-order valence-electron chi connectivity index (χ2n) is 6.50. The summed E-state index contributed by atoms with van der Waals surface area (Å²) in [5.74, 6) is 0.858. The molecule has 1 aromatic rings. The first-order valence-electron chi connectivity index (χ1n) is 8.64. The van der Waals surface area contributed by atoms with E-state index in [1.54, 1.807) is 7.11 Å². The molecule has 1 heterocycles. The third-order valence-electron chi connectivity index (χ3n) is 4.59. The molecule has 1 aliphatic carbocycles. The van der Waals surface area contributed by atoms with Gasteiger partial charge in [-0.1, -0.05) is 0 Å². The fourth-order valence-electron chi connectivity index (χ4n) is 3.06. The SMILES string of the molecule is COc1ccc(NC(=O)[C@H]2CCCN2CCC(=O)NC2CC2)cc1. The predicted molar refractivity (Wildman–Crippen MR) is 92.0 cm³/mol. The van der Waals surface area contributed by atoms with Crippen molar-refractivity contribution in [1.82, 2.24) is 10.2 Å². The molecule has 0 unspecified atom stereocenters. The van der Waals surface area contributed by atoms with Crippen LogP contribution in [0, 0.1) is 0 Å². The van der Waals surface area contributed by atoms with E-state index < -0.39 is 0 Å². The molecule has 6 nitrogen and oxygen atoms in total. The van der Waals surface area contributed by atoms with Crippen LogP contribution in [0.2, 0.25) is 0 Å². The Labute approximate surface area is 142 Å². The normalized spacial score (nSPS) is 20.6. The van der Waals surface area contributed by atoms with E-state index in [4.69, 9.17) is 4.74 Å². The highest BCUT2D eigenvalue weighted by Gasteiger charge is 2.31. The second-order valence-corrected chi connectivity index (χ2v) is 6.50. The molecule has 1 atom stereocenters. The van der Waals surface area contributed by atoms with Crippen LogP contribution >= 0.6 is 0 Å². The van der Waals surface area contributed by atoms with Crippen molar-refractivity contribution in [1.29, 1.82) is 0 Å². The zero-order chi connectivity index (χ0) is 16.9. The Morgan fingerprint density at radius 1 is 1.21 bits per heavy atom. The van der Waals surface area contributed by atoms with Crippen LogP contribution in [0.3, 0.4) is 0 Å². The first-order valence-corrected chi connectivity index (χ1v) is 8.64. The lowest BCUT2D eigenvalue weighted by Gasteiger charge is -2.23. The molecule has 1 saturated heterocycles. The summed E-state index contributed by atoms with van der Waals surface area (Å²) in [5, 5.41) is 5.95. The van der Waals surface area contributed by atoms with Crippen molar-refractivity contribution in [2.24, 2.45) is 0 Å². The van der Waals surface area contributed by atoms with Gasteiger partial charge in [0.1, 0.15) is 5.75 Å². The molecule has 2 amide bonds. The Bertz CT molecular complexity index is 584. The van der Waals surface area contributed by atoms with E-state index in [1.807, 2.05) is 24.3 Å². The molecule has 1 saturated carbocycles. The molecule has 2 aliphatic rings. The number of ether oxygens (including phenoxy) is 1. The number of nitrogens with one attached hydrogen (secondary N) is 2. The number of anilines is 1. The molecular formula is C18H25N3O3. The largest absolute Gasteiger partial charge is 0.497 e. The summed E-state index contributed by atoms with van der Waals surface area (Å²) >= 11 is 0. The number of nitrogens with zero attached hydrogens (tertiary/aromatic N) is 1. The number of carbonyl (C=O) groups excluding carboxylic acids is 2. The molecule has 130 valence electrons. The third-order valence-corrected chi connectivity index (χ3v) is 4.59. The lowest BCUT2D eigenvalue weighted by Crippen LogP contribution is -2.41. The van der Waals surface area contributed by atoms with Crippen LogP contribution in [0.15, 0.2) is 24.3 Å². The summed E-state index contributed by atoms with van der Waals surface area (Å²) in [6.45, 7) is 1.51. The fraction of sp³-hybridized carbons (Fsp3) is 0.556. The molecule has 2 fully saturated rings. The molecular weight excluding hydrogens is 306 g/mol. The van der Waals surface area contributed by atoms with E-state index in [0.717, 1.165) is 43.7 Å². The maximum Gasteiger partial charge on any atom is 0.241 e. The second kappa shape index (κ2) is 7.66. The molecule has 24 heavy (non-hydrogen) atoms. The van der Waals surface area contributed by atoms with Gasteiger partial charge in [-0.25, -0.2) is 0 Å². The number of hydrogen-bond donors (Lipinski definition) is 2. The molecule has 1 aliphatic heterocycles. The zero-order valence-corrected chi connectivity index (χ0v) is 14.1. The van der Waals surface area contributed by atoms with Gasteiger partial charge in [0.25, 0.3) is 0 Å². The van der Waals surface area contributed by atoms with Gasteiger partial charge in [-0.2, -0.15) is 0 Å². The average Bonchev–Trinajstić information content (AvgIpc) is 3.26. The van der Waals surface area contributed by atoms with E-state index >= 15 is 0 Å². The van der Waals surface area contributed by atoms with Gasteiger partial charge in [-0.3, -0.25) is 14.5 Å². The minimum absolute atomic E-state index is 0.000248. The molecule has 3 rings (SSSR count). The molecule has 1 aromatic carbocycles. The van der Waals surface area contributed by atoms with Crippen LogP contribution in [0.25, 0.3) is 0 Å². The highest BCUT2D eigenvalue weighted by atomic mass is 16.5. The number of carbonyl (C=O) groups is 2. The third kappa shape index (κ3) is 4.47. The molecule has 0 aromatic heterocycles. The predicted octanol–water partition coefficient (Wildman–Crippen LogP) is 1.77. The lowest BCUT2D eigenvalue weighted by atomic mass is 10.2. The van der Waals surface area contributed by atoms with Gasteiger partial charge in [0.15, 0.2) is 0 Å². The zero-order valence-electron chi connectivity index (χ0n) is 14.1. The van der Waals surface area contributed by atoms with Crippen LogP contribution in [0.4, 0.5) is 5.69 Å². The summed E-state index contributed by atoms with van der Waals surface area (Å²) in [6, 6.07) is 7.55. The number of rotatable bonds is 7. The van der Waals surface area contributed by atoms with Crippen LogP contribution < -0.4 is 15.4 Å². The molecule has 0 spiro atoms. The number of likely N-dealkylation sites (tertiary alicyclic amines) is 1. The van der Waals surface area contributed by atoms with Crippen molar-refractivity contribution in [2.45, 2.75) is 44.2 Å². The topological polar surface area (TPSA) is 70.7 Å². The standard InChI is InChI=1S/C18H25N3O3/c1-24-15-8-6-14(7-9-15)20-18(23)16-3-2-11-21(16)12-10-17(22)19-13-4-5-13/h6-9,13,16H,2-5,10-12H2,1H3,(H,19,22)(H,20,23)/t16-/m1/s1. The maximum atomic E-state index is 12.5. The Hall–Kier alpha value is -2.08. The minimum Gasteiger partial charge on any atom is -0.497 e. The van der Waals surface area contributed by atoms with Gasteiger partial charge in [-0.05, 0) is 56.5 Å². The van der Waals surface area contributed by atoms with Crippen molar-refractivity contribution >= 4 is 17.5 Å². The molecule has 0 radical (unpaired) electrons. The Morgan fingerprint density at radius 2 is 1.96 bits per heavy atom. The molecule has 0 bridgehead atoms. The van der Waals surface area contributed by atoms with Gasteiger partial charge in [0, 0.05) is 24.7 Å². The van der Waals surface area contributed by atoms with Crippen LogP contribution in [-0.4, -0.2) is 49.0 Å². The number of methoxy groups -OCH3 is 1. The van der Waals surface area contributed by atoms with E-state index in [2.05, 4.69) is 15.5 Å². The quantitative estimate of drug-likeness (QED) is 0.799. The van der Waals surface area contributed by atoms with Gasteiger partial charge in [0.05, 0.1) is 13.2 Å². The monoisotopic (exact) mass is 331 g/mol. The van der Waals surface area contributed by atoms with E-state index in [1.165, 1.54) is 0 Å². The van der Waals surface area contributed by atoms with Crippen molar-refractivity contribution in [3.8, 4) is 5.75 Å². The smallest absolute Gasteiger partial charge is 0.241 e. The van der Waals surface area contributed by atoms with Crippen LogP contribution in [-0.2, 0) is 9.59 Å². The summed E-state index contributed by atoms with van der Waals surface area (Å²) < 4.78 is 5.12. The Morgan fingerprint density at radius 3 is 2.62 bits per heavy atom. The Kier molecular flexibility index (Phi) is 5.35. The summed E-state index contributed by atoms with van der Waals surface area (Å²) in [7, 11) is 1.61. The molecule has 2 N–H and O–H groups in total. The van der Waals surface area contributed by atoms with Gasteiger partial charge in [-0.15, -0.1) is 0 Å². The van der Waals surface area contributed by atoms with Gasteiger partial charge in [0.2, 0.25) is 11.8 Å². The van der Waals surface area contributed by atoms with Crippen LogP contribution in [0.1, 0.15) is 32.1 Å². The fourth-order valence-corrected chi connectivity index (χ4v) is 3.06. The number of benzene rings is 1. The number of amides is 2. The minimum atomic E-state index is -0.152. The van der Waals surface area contributed by atoms with E-state index in [-0.39, 0.29) is 17.9 Å². The maximum absolute atomic E-state index is 12.5. The Balaban J connectivity index is 1.49. The van der Waals surface area contributed by atoms with Crippen molar-refractivity contribution < 1.29 is 14.3 Å². The first-order chi connectivity index (χ1) is 11.7. The summed E-state index contributed by atoms with van der Waals surface area (Å²) in [6.07, 6.45) is 4.49. The van der Waals surface area contributed by atoms with Gasteiger partial charge < -0.3 is 15.4 Å². The van der Waals surface area contributed by atoms with Gasteiger partial charge >= 0.3 is 0 Å². The summed E-state index contributed by atoms with van der Waals surface area (Å²) in [5.41, 5.74) is 0.763. The number of hydrogen-bond acceptors (Lipinski definition) is 4. The average molecular weight is 331 g/mol. The van der Waals surface area contributed by atoms with Crippen molar-refractivity contribution in [2.75, 3.05) is 25.5 Å².